The SMILES string of the molecule is COc1cccc(CNCCNc2ccc([N+](=O)[O-])cc2Cl)c1OCC(=O)NC(C)(C)C. The van der Waals surface area contributed by atoms with Crippen molar-refractivity contribution in [2.45, 2.75) is 32.9 Å². The number of non-ortho nitro benzene ring substituents is 1. The largest absolute Gasteiger partial charge is 0.493 e. The van der Waals surface area contributed by atoms with Crippen LogP contribution >= 0.6 is 11.6 Å². The minimum atomic E-state index is -0.488. The number of hydrogen-bond acceptors (Lipinski definition) is 7. The fraction of sp³-hybridized carbons (Fsp3) is 0.409. The number of methoxy groups -OCH3 is 1. The van der Waals surface area contributed by atoms with E-state index in [1.165, 1.54) is 12.1 Å². The summed E-state index contributed by atoms with van der Waals surface area (Å²) in [7, 11) is 1.55. The van der Waals surface area contributed by atoms with Crippen LogP contribution in [0.2, 0.25) is 5.02 Å². The van der Waals surface area contributed by atoms with Crippen LogP contribution in [0.3, 0.4) is 0 Å². The Morgan fingerprint density at radius 3 is 2.56 bits per heavy atom. The quantitative estimate of drug-likeness (QED) is 0.263. The third kappa shape index (κ3) is 7.90. The molecule has 0 unspecified atom stereocenters. The number of hydrogen-bond donors (Lipinski definition) is 3. The molecule has 0 atom stereocenters. The van der Waals surface area contributed by atoms with Gasteiger partial charge >= 0.3 is 0 Å². The molecule has 0 aliphatic carbocycles. The Morgan fingerprint density at radius 1 is 1.19 bits per heavy atom. The van der Waals surface area contributed by atoms with E-state index in [0.29, 0.717) is 36.8 Å². The Kier molecular flexibility index (Phi) is 9.10. The molecule has 0 saturated heterocycles. The van der Waals surface area contributed by atoms with E-state index >= 15 is 0 Å². The first kappa shape index (κ1) is 25.2. The van der Waals surface area contributed by atoms with Crippen LogP contribution in [0.1, 0.15) is 26.3 Å². The van der Waals surface area contributed by atoms with Crippen molar-refractivity contribution >= 4 is 28.9 Å². The Balaban J connectivity index is 1.90. The van der Waals surface area contributed by atoms with E-state index in [1.54, 1.807) is 19.2 Å². The molecule has 0 radical (unpaired) electrons. The summed E-state index contributed by atoms with van der Waals surface area (Å²) in [5, 5.41) is 20.4. The predicted molar refractivity (Wildman–Crippen MR) is 125 cm³/mol. The van der Waals surface area contributed by atoms with Gasteiger partial charge < -0.3 is 25.4 Å². The molecule has 0 fully saturated rings. The van der Waals surface area contributed by atoms with Gasteiger partial charge in [-0.3, -0.25) is 14.9 Å². The second-order valence-electron chi connectivity index (χ2n) is 8.06. The number of nitrogens with zero attached hydrogens (tertiary/aromatic N) is 1. The highest BCUT2D eigenvalue weighted by atomic mass is 35.5. The molecule has 0 spiro atoms. The van der Waals surface area contributed by atoms with Crippen LogP contribution in [0.15, 0.2) is 36.4 Å². The molecule has 1 amide bonds. The number of rotatable bonds is 11. The standard InChI is InChI=1S/C22H29ClN4O5/c1-22(2,3)26-20(28)14-32-21-15(6-5-7-19(21)31-4)13-24-10-11-25-18-9-8-16(27(29)30)12-17(18)23/h5-9,12,24-25H,10-11,13-14H2,1-4H3,(H,26,28). The summed E-state index contributed by atoms with van der Waals surface area (Å²) >= 11 is 6.09. The van der Waals surface area contributed by atoms with Crippen molar-refractivity contribution in [3.05, 3.63) is 57.1 Å². The van der Waals surface area contributed by atoms with Crippen LogP contribution in [0, 0.1) is 10.1 Å². The van der Waals surface area contributed by atoms with Gasteiger partial charge in [0.05, 0.1) is 22.7 Å². The molecule has 0 heterocycles. The summed E-state index contributed by atoms with van der Waals surface area (Å²) in [6.07, 6.45) is 0. The number of halogens is 1. The number of nitrogens with one attached hydrogen (secondary N) is 3. The smallest absolute Gasteiger partial charge is 0.271 e. The van der Waals surface area contributed by atoms with E-state index in [4.69, 9.17) is 21.1 Å². The highest BCUT2D eigenvalue weighted by Crippen LogP contribution is 2.31. The lowest BCUT2D eigenvalue weighted by Crippen LogP contribution is -2.43. The monoisotopic (exact) mass is 464 g/mol. The summed E-state index contributed by atoms with van der Waals surface area (Å²) < 4.78 is 11.2. The predicted octanol–water partition coefficient (Wildman–Crippen LogP) is 3.75. The number of carbonyl (C=O) groups excluding carboxylic acids is 1. The molecular formula is C22H29ClN4O5. The number of amides is 1. The van der Waals surface area contributed by atoms with E-state index in [0.717, 1.165) is 5.56 Å². The number of benzene rings is 2. The molecule has 0 aliphatic rings. The van der Waals surface area contributed by atoms with Gasteiger partial charge in [-0.1, -0.05) is 23.7 Å². The van der Waals surface area contributed by atoms with Crippen molar-refractivity contribution in [3.63, 3.8) is 0 Å². The fourth-order valence-electron chi connectivity index (χ4n) is 2.89. The first-order valence-corrected chi connectivity index (χ1v) is 10.5. The lowest BCUT2D eigenvalue weighted by atomic mass is 10.1. The highest BCUT2D eigenvalue weighted by molar-refractivity contribution is 6.33. The van der Waals surface area contributed by atoms with Crippen molar-refractivity contribution in [2.75, 3.05) is 32.1 Å². The van der Waals surface area contributed by atoms with Crippen molar-refractivity contribution in [2.24, 2.45) is 0 Å². The van der Waals surface area contributed by atoms with E-state index in [-0.39, 0.29) is 28.8 Å². The maximum absolute atomic E-state index is 12.1. The Labute approximate surface area is 192 Å². The second-order valence-corrected chi connectivity index (χ2v) is 8.47. The van der Waals surface area contributed by atoms with Gasteiger partial charge in [-0.05, 0) is 32.9 Å². The van der Waals surface area contributed by atoms with E-state index in [9.17, 15) is 14.9 Å². The molecule has 2 aromatic carbocycles. The minimum absolute atomic E-state index is 0.0552. The first-order valence-electron chi connectivity index (χ1n) is 10.1. The van der Waals surface area contributed by atoms with E-state index in [1.807, 2.05) is 32.9 Å². The molecule has 32 heavy (non-hydrogen) atoms. The van der Waals surface area contributed by atoms with Crippen molar-refractivity contribution < 1.29 is 19.2 Å². The van der Waals surface area contributed by atoms with E-state index < -0.39 is 4.92 Å². The summed E-state index contributed by atoms with van der Waals surface area (Å²) in [5.74, 6) is 0.841. The molecule has 3 N–H and O–H groups in total. The van der Waals surface area contributed by atoms with Gasteiger partial charge in [0.2, 0.25) is 0 Å². The lowest BCUT2D eigenvalue weighted by molar-refractivity contribution is -0.384. The Hall–Kier alpha value is -3.04. The van der Waals surface area contributed by atoms with Gasteiger partial charge in [0.15, 0.2) is 18.1 Å². The van der Waals surface area contributed by atoms with Crippen LogP contribution < -0.4 is 25.4 Å². The van der Waals surface area contributed by atoms with Gasteiger partial charge in [-0.2, -0.15) is 0 Å². The average Bonchev–Trinajstić information content (AvgIpc) is 2.71. The van der Waals surface area contributed by atoms with E-state index in [2.05, 4.69) is 16.0 Å². The zero-order valence-electron chi connectivity index (χ0n) is 18.7. The summed E-state index contributed by atoms with van der Waals surface area (Å²) in [5.41, 5.74) is 1.07. The first-order chi connectivity index (χ1) is 15.1. The fourth-order valence-corrected chi connectivity index (χ4v) is 3.13. The number of nitro groups is 1. The van der Waals surface area contributed by atoms with Gasteiger partial charge in [-0.15, -0.1) is 0 Å². The maximum atomic E-state index is 12.1. The average molecular weight is 465 g/mol. The molecule has 0 aliphatic heterocycles. The maximum Gasteiger partial charge on any atom is 0.271 e. The molecule has 174 valence electrons. The molecule has 2 rings (SSSR count). The normalized spacial score (nSPS) is 11.0. The van der Waals surface area contributed by atoms with Crippen LogP contribution in [0.4, 0.5) is 11.4 Å². The van der Waals surface area contributed by atoms with Crippen molar-refractivity contribution in [1.29, 1.82) is 0 Å². The van der Waals surface area contributed by atoms with Crippen LogP contribution in [0.5, 0.6) is 11.5 Å². The van der Waals surface area contributed by atoms with Gasteiger partial charge in [0, 0.05) is 42.9 Å². The number of carbonyl (C=O) groups is 1. The van der Waals surface area contributed by atoms with Gasteiger partial charge in [-0.25, -0.2) is 0 Å². The molecule has 2 aromatic rings. The minimum Gasteiger partial charge on any atom is -0.493 e. The zero-order chi connectivity index (χ0) is 23.7. The molecule has 10 heteroatoms. The summed E-state index contributed by atoms with van der Waals surface area (Å²) in [6, 6.07) is 9.82. The topological polar surface area (TPSA) is 115 Å². The molecular weight excluding hydrogens is 436 g/mol. The molecule has 0 saturated carbocycles. The van der Waals surface area contributed by atoms with Gasteiger partial charge in [0.1, 0.15) is 0 Å². The number of nitro benzene ring substituents is 1. The number of anilines is 1. The molecule has 0 bridgehead atoms. The Bertz CT molecular complexity index is 946. The third-order valence-corrected chi connectivity index (χ3v) is 4.55. The second kappa shape index (κ2) is 11.5. The highest BCUT2D eigenvalue weighted by Gasteiger charge is 2.16. The Morgan fingerprint density at radius 2 is 1.94 bits per heavy atom. The zero-order valence-corrected chi connectivity index (χ0v) is 19.4. The van der Waals surface area contributed by atoms with Crippen LogP contribution in [0.25, 0.3) is 0 Å². The van der Waals surface area contributed by atoms with Crippen LogP contribution in [-0.2, 0) is 11.3 Å². The van der Waals surface area contributed by atoms with Crippen molar-refractivity contribution in [1.82, 2.24) is 10.6 Å². The van der Waals surface area contributed by atoms with Crippen molar-refractivity contribution in [3.8, 4) is 11.5 Å². The lowest BCUT2D eigenvalue weighted by Gasteiger charge is -2.21. The third-order valence-electron chi connectivity index (χ3n) is 4.24. The number of ether oxygens (including phenoxy) is 2. The van der Waals surface area contributed by atoms with Gasteiger partial charge in [0.25, 0.3) is 11.6 Å². The summed E-state index contributed by atoms with van der Waals surface area (Å²) in [4.78, 5) is 22.4. The van der Waals surface area contributed by atoms with Crippen LogP contribution in [-0.4, -0.2) is 43.2 Å². The number of para-hydroxylation sites is 1. The molecule has 0 aromatic heterocycles. The molecule has 9 nitrogen and oxygen atoms in total. The summed E-state index contributed by atoms with van der Waals surface area (Å²) in [6.45, 7) is 7.22.